The molecule has 0 amide bonds. The maximum atomic E-state index is 11.4. The highest BCUT2D eigenvalue weighted by Crippen LogP contribution is 2.62. The molecule has 0 aromatic heterocycles. The van der Waals surface area contributed by atoms with Crippen LogP contribution in [0.2, 0.25) is 0 Å². The Hall–Kier alpha value is -3.02. The van der Waals surface area contributed by atoms with E-state index in [9.17, 15) is 15.0 Å². The summed E-state index contributed by atoms with van der Waals surface area (Å²) < 4.78 is 4.66. The number of aliphatic hydroxyl groups is 1. The van der Waals surface area contributed by atoms with Gasteiger partial charge < -0.3 is 14.9 Å². The van der Waals surface area contributed by atoms with E-state index in [0.717, 1.165) is 48.8 Å². The fourth-order valence-corrected chi connectivity index (χ4v) is 9.01. The third kappa shape index (κ3) is 4.92. The number of benzene rings is 3. The molecule has 6 atom stereocenters. The standard InChI is InChI=1S/C34H36O4S/c1-34-18-17-28-27-13-10-25(35)19-24(27)20-30(33(28)29(34)14-15-31(34)36)39-26-11-8-23(9-12-26)22-6-3-21(4-7-22)5-16-32(37)38-2/h3-13,16,19,28-31,33,35-36H,14-15,17-18,20H2,1-2H3/b16-5+/t28?,29?,30?,31?,33?,34-/m0/s1. The van der Waals surface area contributed by atoms with E-state index in [1.807, 2.05) is 36.0 Å². The van der Waals surface area contributed by atoms with Crippen molar-refractivity contribution in [2.75, 3.05) is 7.11 Å². The third-order valence-electron chi connectivity index (χ3n) is 9.66. The number of phenols is 1. The van der Waals surface area contributed by atoms with Crippen molar-refractivity contribution in [2.45, 2.75) is 61.2 Å². The molecule has 3 aliphatic rings. The van der Waals surface area contributed by atoms with Crippen LogP contribution in [-0.2, 0) is 16.0 Å². The number of hydrogen-bond acceptors (Lipinski definition) is 5. The fourth-order valence-electron chi connectivity index (χ4n) is 7.57. The first-order valence-corrected chi connectivity index (χ1v) is 14.9. The fraction of sp³-hybridized carbons (Fsp3) is 0.382. The normalized spacial score (nSPS) is 29.5. The molecule has 202 valence electrons. The molecule has 3 aromatic carbocycles. The predicted octanol–water partition coefficient (Wildman–Crippen LogP) is 7.23. The van der Waals surface area contributed by atoms with Gasteiger partial charge in [0.2, 0.25) is 0 Å². The Balaban J connectivity index is 1.24. The van der Waals surface area contributed by atoms with Crippen LogP contribution in [-0.4, -0.2) is 34.6 Å². The third-order valence-corrected chi connectivity index (χ3v) is 11.0. The van der Waals surface area contributed by atoms with Crippen LogP contribution in [0.15, 0.2) is 77.7 Å². The SMILES string of the molecule is COC(=O)/C=C/c1ccc(-c2ccc(SC3Cc4cc(O)ccc4C4CC[C@]5(C)C(O)CCC5C34)cc2)cc1. The molecule has 5 heteroatoms. The average molecular weight is 541 g/mol. The molecule has 0 spiro atoms. The van der Waals surface area contributed by atoms with Gasteiger partial charge in [-0.1, -0.05) is 49.4 Å². The largest absolute Gasteiger partial charge is 0.508 e. The Bertz CT molecular complexity index is 1380. The smallest absolute Gasteiger partial charge is 0.330 e. The van der Waals surface area contributed by atoms with Gasteiger partial charge in [0.1, 0.15) is 5.75 Å². The molecular weight excluding hydrogens is 504 g/mol. The van der Waals surface area contributed by atoms with E-state index >= 15 is 0 Å². The topological polar surface area (TPSA) is 66.8 Å². The second-order valence-electron chi connectivity index (χ2n) is 11.7. The monoisotopic (exact) mass is 540 g/mol. The maximum absolute atomic E-state index is 11.4. The number of ether oxygens (including phenoxy) is 1. The van der Waals surface area contributed by atoms with Crippen molar-refractivity contribution in [3.05, 3.63) is 89.5 Å². The number of phenolic OH excluding ortho intramolecular Hbond substituents is 1. The van der Waals surface area contributed by atoms with Crippen LogP contribution < -0.4 is 0 Å². The highest BCUT2D eigenvalue weighted by molar-refractivity contribution is 8.00. The molecule has 3 aliphatic carbocycles. The lowest BCUT2D eigenvalue weighted by Crippen LogP contribution is -2.48. The summed E-state index contributed by atoms with van der Waals surface area (Å²) in [5.41, 5.74) is 5.95. The zero-order valence-electron chi connectivity index (χ0n) is 22.5. The van der Waals surface area contributed by atoms with Crippen LogP contribution in [0.3, 0.4) is 0 Å². The van der Waals surface area contributed by atoms with Crippen LogP contribution in [0.5, 0.6) is 5.75 Å². The summed E-state index contributed by atoms with van der Waals surface area (Å²) in [7, 11) is 1.37. The lowest BCUT2D eigenvalue weighted by molar-refractivity contribution is -0.134. The number of aliphatic hydroxyl groups excluding tert-OH is 1. The summed E-state index contributed by atoms with van der Waals surface area (Å²) in [5, 5.41) is 21.6. The van der Waals surface area contributed by atoms with Crippen molar-refractivity contribution < 1.29 is 19.7 Å². The van der Waals surface area contributed by atoms with E-state index in [4.69, 9.17) is 0 Å². The summed E-state index contributed by atoms with van der Waals surface area (Å²) in [4.78, 5) is 12.6. The number of carbonyl (C=O) groups excluding carboxylic acids is 1. The molecule has 3 aromatic rings. The molecule has 0 aliphatic heterocycles. The van der Waals surface area contributed by atoms with Crippen molar-refractivity contribution >= 4 is 23.8 Å². The number of fused-ring (bicyclic) bond motifs is 5. The van der Waals surface area contributed by atoms with E-state index in [1.165, 1.54) is 29.2 Å². The average Bonchev–Trinajstić information content (AvgIpc) is 3.26. The van der Waals surface area contributed by atoms with E-state index in [0.29, 0.717) is 28.8 Å². The predicted molar refractivity (Wildman–Crippen MR) is 157 cm³/mol. The first kappa shape index (κ1) is 26.2. The zero-order chi connectivity index (χ0) is 27.1. The number of aromatic hydroxyl groups is 1. The molecule has 0 saturated heterocycles. The van der Waals surface area contributed by atoms with Gasteiger partial charge in [-0.05, 0) is 113 Å². The van der Waals surface area contributed by atoms with Gasteiger partial charge in [0.15, 0.2) is 0 Å². The molecule has 2 N–H and O–H groups in total. The Labute approximate surface area is 235 Å². The number of thioether (sulfide) groups is 1. The molecule has 0 radical (unpaired) electrons. The van der Waals surface area contributed by atoms with Crippen molar-refractivity contribution in [1.82, 2.24) is 0 Å². The summed E-state index contributed by atoms with van der Waals surface area (Å²) in [6.45, 7) is 2.32. The summed E-state index contributed by atoms with van der Waals surface area (Å²) in [6.07, 6.45) is 8.12. The second kappa shape index (κ2) is 10.5. The minimum Gasteiger partial charge on any atom is -0.508 e. The van der Waals surface area contributed by atoms with Crippen LogP contribution >= 0.6 is 11.8 Å². The van der Waals surface area contributed by atoms with Gasteiger partial charge in [0, 0.05) is 16.2 Å². The highest BCUT2D eigenvalue weighted by atomic mass is 32.2. The molecule has 5 unspecified atom stereocenters. The number of methoxy groups -OCH3 is 1. The first-order valence-electron chi connectivity index (χ1n) is 14.0. The Morgan fingerprint density at radius 1 is 1.00 bits per heavy atom. The highest BCUT2D eigenvalue weighted by Gasteiger charge is 2.56. The summed E-state index contributed by atoms with van der Waals surface area (Å²) in [5.74, 6) is 1.52. The Kier molecular flexibility index (Phi) is 7.07. The summed E-state index contributed by atoms with van der Waals surface area (Å²) >= 11 is 1.97. The molecule has 0 bridgehead atoms. The van der Waals surface area contributed by atoms with Gasteiger partial charge in [0.25, 0.3) is 0 Å². The quantitative estimate of drug-likeness (QED) is 0.264. The van der Waals surface area contributed by atoms with E-state index in [1.54, 1.807) is 6.08 Å². The van der Waals surface area contributed by atoms with Gasteiger partial charge in [-0.3, -0.25) is 0 Å². The van der Waals surface area contributed by atoms with Crippen molar-refractivity contribution in [3.8, 4) is 16.9 Å². The molecular formula is C34H36O4S. The number of hydrogen-bond donors (Lipinski definition) is 2. The molecule has 6 rings (SSSR count). The van der Waals surface area contributed by atoms with Crippen LogP contribution in [0.4, 0.5) is 0 Å². The zero-order valence-corrected chi connectivity index (χ0v) is 23.4. The van der Waals surface area contributed by atoms with E-state index < -0.39 is 0 Å². The van der Waals surface area contributed by atoms with Gasteiger partial charge in [-0.25, -0.2) is 4.79 Å². The molecule has 0 heterocycles. The van der Waals surface area contributed by atoms with Gasteiger partial charge in [-0.15, -0.1) is 11.8 Å². The van der Waals surface area contributed by atoms with Gasteiger partial charge in [-0.2, -0.15) is 0 Å². The van der Waals surface area contributed by atoms with Gasteiger partial charge in [0.05, 0.1) is 13.2 Å². The maximum Gasteiger partial charge on any atom is 0.330 e. The van der Waals surface area contributed by atoms with Gasteiger partial charge >= 0.3 is 5.97 Å². The molecule has 39 heavy (non-hydrogen) atoms. The van der Waals surface area contributed by atoms with Crippen molar-refractivity contribution in [3.63, 3.8) is 0 Å². The number of rotatable bonds is 5. The van der Waals surface area contributed by atoms with Crippen molar-refractivity contribution in [2.24, 2.45) is 17.3 Å². The molecule has 2 saturated carbocycles. The second-order valence-corrected chi connectivity index (χ2v) is 13.0. The van der Waals surface area contributed by atoms with Crippen LogP contribution in [0.25, 0.3) is 17.2 Å². The Morgan fingerprint density at radius 2 is 1.72 bits per heavy atom. The lowest BCUT2D eigenvalue weighted by Gasteiger charge is -2.52. The first-order chi connectivity index (χ1) is 18.9. The number of carbonyl (C=O) groups is 1. The van der Waals surface area contributed by atoms with E-state index in [-0.39, 0.29) is 17.5 Å². The number of esters is 1. The summed E-state index contributed by atoms with van der Waals surface area (Å²) in [6, 6.07) is 23.0. The molecule has 4 nitrogen and oxygen atoms in total. The van der Waals surface area contributed by atoms with Crippen LogP contribution in [0, 0.1) is 17.3 Å². The Morgan fingerprint density at radius 3 is 2.44 bits per heavy atom. The van der Waals surface area contributed by atoms with Crippen LogP contribution in [0.1, 0.15) is 55.2 Å². The molecule has 2 fully saturated rings. The van der Waals surface area contributed by atoms with E-state index in [2.05, 4.69) is 54.1 Å². The lowest BCUT2D eigenvalue weighted by atomic mass is 9.55. The minimum atomic E-state index is -0.362. The minimum absolute atomic E-state index is 0.0104. The van der Waals surface area contributed by atoms with Crippen molar-refractivity contribution in [1.29, 1.82) is 0 Å².